The monoisotopic (exact) mass is 473 g/mol. The predicted molar refractivity (Wildman–Crippen MR) is 122 cm³/mol. The maximum absolute atomic E-state index is 11.5. The van der Waals surface area contributed by atoms with E-state index in [2.05, 4.69) is 27.4 Å². The summed E-state index contributed by atoms with van der Waals surface area (Å²) in [4.78, 5) is 8.95. The zero-order valence-electron chi connectivity index (χ0n) is 18.4. The number of rotatable bonds is 6. The van der Waals surface area contributed by atoms with E-state index in [0.29, 0.717) is 24.3 Å². The SMILES string of the molecule is CO[C@H]1Cc2ccccc2[C@H]1Nc1ncnc2c1ccn2[C@H]1C[C@H](O)[C@@H](N(C)S(=O)(=O)O)C1. The molecule has 5 atom stereocenters. The van der Waals surface area contributed by atoms with Gasteiger partial charge in [0.25, 0.3) is 0 Å². The molecule has 0 aliphatic heterocycles. The van der Waals surface area contributed by atoms with Crippen molar-refractivity contribution in [3.05, 3.63) is 54.0 Å². The fourth-order valence-electron chi connectivity index (χ4n) is 5.23. The second-order valence-corrected chi connectivity index (χ2v) is 10.2. The van der Waals surface area contributed by atoms with Crippen molar-refractivity contribution in [2.45, 2.75) is 49.6 Å². The Kier molecular flexibility index (Phi) is 5.61. The fourth-order valence-corrected chi connectivity index (χ4v) is 5.80. The topological polar surface area (TPSA) is 130 Å². The number of methoxy groups -OCH3 is 1. The summed E-state index contributed by atoms with van der Waals surface area (Å²) in [5.74, 6) is 0.688. The Balaban J connectivity index is 1.44. The van der Waals surface area contributed by atoms with Gasteiger partial charge in [0.2, 0.25) is 0 Å². The summed E-state index contributed by atoms with van der Waals surface area (Å²) in [5, 5.41) is 14.8. The lowest BCUT2D eigenvalue weighted by molar-refractivity contribution is 0.0960. The van der Waals surface area contributed by atoms with Gasteiger partial charge in [0.05, 0.1) is 29.7 Å². The third-order valence-corrected chi connectivity index (χ3v) is 7.98. The molecule has 0 amide bonds. The number of likely N-dealkylation sites (N-methyl/N-ethyl adjacent to an activating group) is 1. The van der Waals surface area contributed by atoms with Gasteiger partial charge in [-0.1, -0.05) is 24.3 Å². The number of fused-ring (bicyclic) bond motifs is 2. The number of aliphatic hydroxyl groups is 1. The molecule has 11 heteroatoms. The minimum Gasteiger partial charge on any atom is -0.391 e. The quantitative estimate of drug-likeness (QED) is 0.463. The second-order valence-electron chi connectivity index (χ2n) is 8.74. The number of benzene rings is 1. The zero-order valence-corrected chi connectivity index (χ0v) is 19.2. The number of anilines is 1. The van der Waals surface area contributed by atoms with Gasteiger partial charge in [-0.2, -0.15) is 12.7 Å². The molecule has 0 radical (unpaired) electrons. The number of hydrogen-bond acceptors (Lipinski definition) is 7. The lowest BCUT2D eigenvalue weighted by Crippen LogP contribution is -2.41. The van der Waals surface area contributed by atoms with Crippen LogP contribution in [-0.4, -0.2) is 69.3 Å². The Morgan fingerprint density at radius 2 is 2.00 bits per heavy atom. The van der Waals surface area contributed by atoms with E-state index in [1.807, 2.05) is 29.0 Å². The van der Waals surface area contributed by atoms with Crippen LogP contribution >= 0.6 is 0 Å². The largest absolute Gasteiger partial charge is 0.391 e. The van der Waals surface area contributed by atoms with E-state index >= 15 is 0 Å². The molecule has 5 rings (SSSR count). The van der Waals surface area contributed by atoms with Gasteiger partial charge < -0.3 is 19.7 Å². The van der Waals surface area contributed by atoms with Gasteiger partial charge in [-0.3, -0.25) is 4.55 Å². The molecule has 0 spiro atoms. The summed E-state index contributed by atoms with van der Waals surface area (Å²) < 4.78 is 41.0. The molecule has 0 unspecified atom stereocenters. The summed E-state index contributed by atoms with van der Waals surface area (Å²) >= 11 is 0. The minimum atomic E-state index is -4.39. The number of aliphatic hydroxyl groups excluding tert-OH is 1. The van der Waals surface area contributed by atoms with Crippen LogP contribution in [0.5, 0.6) is 0 Å². The molecule has 0 saturated heterocycles. The fraction of sp³-hybridized carbons (Fsp3) is 0.455. The Labute approximate surface area is 192 Å². The van der Waals surface area contributed by atoms with E-state index in [1.54, 1.807) is 7.11 Å². The highest BCUT2D eigenvalue weighted by Gasteiger charge is 2.40. The van der Waals surface area contributed by atoms with Crippen molar-refractivity contribution >= 4 is 27.2 Å². The molecule has 3 aromatic rings. The van der Waals surface area contributed by atoms with Gasteiger partial charge in [-0.05, 0) is 30.0 Å². The van der Waals surface area contributed by atoms with Gasteiger partial charge in [0.15, 0.2) is 0 Å². The van der Waals surface area contributed by atoms with Crippen LogP contribution in [0, 0.1) is 0 Å². The molecule has 2 aliphatic carbocycles. The third-order valence-electron chi connectivity index (χ3n) is 6.98. The van der Waals surface area contributed by atoms with Gasteiger partial charge in [0, 0.05) is 32.8 Å². The molecule has 0 bridgehead atoms. The van der Waals surface area contributed by atoms with E-state index in [-0.39, 0.29) is 18.2 Å². The predicted octanol–water partition coefficient (Wildman–Crippen LogP) is 1.95. The first-order valence-electron chi connectivity index (χ1n) is 10.8. The average Bonchev–Trinajstić information content (AvgIpc) is 3.48. The number of nitrogens with one attached hydrogen (secondary N) is 1. The van der Waals surface area contributed by atoms with Crippen molar-refractivity contribution in [1.29, 1.82) is 0 Å². The summed E-state index contributed by atoms with van der Waals surface area (Å²) in [6, 6.07) is 9.25. The number of nitrogens with zero attached hydrogens (tertiary/aromatic N) is 4. The average molecular weight is 474 g/mol. The Morgan fingerprint density at radius 3 is 2.76 bits per heavy atom. The maximum atomic E-state index is 11.5. The van der Waals surface area contributed by atoms with E-state index in [9.17, 15) is 18.1 Å². The summed E-state index contributed by atoms with van der Waals surface area (Å²) in [7, 11) is -1.41. The summed E-state index contributed by atoms with van der Waals surface area (Å²) in [6.07, 6.45) is 4.00. The van der Waals surface area contributed by atoms with Crippen molar-refractivity contribution in [3.8, 4) is 0 Å². The third kappa shape index (κ3) is 3.89. The van der Waals surface area contributed by atoms with Crippen LogP contribution in [0.15, 0.2) is 42.9 Å². The molecule has 2 aromatic heterocycles. The van der Waals surface area contributed by atoms with Crippen molar-refractivity contribution < 1.29 is 22.8 Å². The van der Waals surface area contributed by atoms with Crippen LogP contribution in [0.1, 0.15) is 36.1 Å². The highest BCUT2D eigenvalue weighted by molar-refractivity contribution is 7.83. The molecule has 2 aliphatic rings. The highest BCUT2D eigenvalue weighted by Crippen LogP contribution is 2.39. The molecule has 3 N–H and O–H groups in total. The lowest BCUT2D eigenvalue weighted by Gasteiger charge is -2.23. The van der Waals surface area contributed by atoms with Crippen LogP contribution in [0.2, 0.25) is 0 Å². The minimum absolute atomic E-state index is 0.0174. The van der Waals surface area contributed by atoms with Gasteiger partial charge in [-0.25, -0.2) is 9.97 Å². The van der Waals surface area contributed by atoms with Gasteiger partial charge >= 0.3 is 10.3 Å². The van der Waals surface area contributed by atoms with Crippen molar-refractivity contribution in [3.63, 3.8) is 0 Å². The smallest absolute Gasteiger partial charge is 0.335 e. The van der Waals surface area contributed by atoms with Crippen LogP contribution in [0.3, 0.4) is 0 Å². The molecule has 2 heterocycles. The standard InChI is InChI=1S/C22H27N5O5S/c1-26(33(29,30)31)17-10-14(11-18(17)28)27-8-7-16-21(23-12-24-22(16)27)25-20-15-6-4-3-5-13(15)9-19(20)32-2/h3-8,12,14,17-20,28H,9-11H2,1-2H3,(H,23,24,25)(H,29,30,31)/t14-,17+,18+,19+,20-/m1/s1. The summed E-state index contributed by atoms with van der Waals surface area (Å²) in [6.45, 7) is 0. The molecule has 33 heavy (non-hydrogen) atoms. The first-order valence-corrected chi connectivity index (χ1v) is 12.2. The number of aromatic nitrogens is 3. The molecule has 1 saturated carbocycles. The van der Waals surface area contributed by atoms with Crippen molar-refractivity contribution in [2.24, 2.45) is 0 Å². The Hall–Kier alpha value is -2.57. The van der Waals surface area contributed by atoms with E-state index in [0.717, 1.165) is 16.1 Å². The van der Waals surface area contributed by atoms with Gasteiger partial charge in [-0.15, -0.1) is 0 Å². The molecule has 10 nitrogen and oxygen atoms in total. The first-order chi connectivity index (χ1) is 15.8. The second kappa shape index (κ2) is 8.33. The molecule has 1 fully saturated rings. The number of ether oxygens (including phenoxy) is 1. The number of hydrogen-bond donors (Lipinski definition) is 3. The lowest BCUT2D eigenvalue weighted by atomic mass is 10.1. The zero-order chi connectivity index (χ0) is 23.3. The molecular formula is C22H27N5O5S. The summed E-state index contributed by atoms with van der Waals surface area (Å²) in [5.41, 5.74) is 3.13. The Bertz CT molecular complexity index is 1280. The highest BCUT2D eigenvalue weighted by atomic mass is 32.2. The van der Waals surface area contributed by atoms with Crippen LogP contribution in [-0.2, 0) is 21.5 Å². The van der Waals surface area contributed by atoms with Gasteiger partial charge in [0.1, 0.15) is 17.8 Å². The Morgan fingerprint density at radius 1 is 1.21 bits per heavy atom. The molecule has 1 aromatic carbocycles. The first kappa shape index (κ1) is 22.2. The normalized spacial score (nSPS) is 27.4. The van der Waals surface area contributed by atoms with Crippen molar-refractivity contribution in [1.82, 2.24) is 18.8 Å². The van der Waals surface area contributed by atoms with Crippen molar-refractivity contribution in [2.75, 3.05) is 19.5 Å². The maximum Gasteiger partial charge on any atom is 0.335 e. The van der Waals surface area contributed by atoms with Crippen LogP contribution in [0.25, 0.3) is 11.0 Å². The molecule has 176 valence electrons. The molecular weight excluding hydrogens is 446 g/mol. The van der Waals surface area contributed by atoms with E-state index < -0.39 is 22.4 Å². The van der Waals surface area contributed by atoms with E-state index in [1.165, 1.54) is 24.5 Å². The van der Waals surface area contributed by atoms with Crippen LogP contribution in [0.4, 0.5) is 5.82 Å². The van der Waals surface area contributed by atoms with Crippen LogP contribution < -0.4 is 5.32 Å². The van der Waals surface area contributed by atoms with E-state index in [4.69, 9.17) is 4.74 Å².